The number of pyridine rings is 1. The number of hydrogen-bond acceptors (Lipinski definition) is 5. The van der Waals surface area contributed by atoms with Gasteiger partial charge in [0.25, 0.3) is 5.91 Å². The van der Waals surface area contributed by atoms with Crippen LogP contribution in [0.3, 0.4) is 0 Å². The first-order chi connectivity index (χ1) is 11.1. The molecule has 7 heteroatoms. The molecule has 0 aliphatic rings. The van der Waals surface area contributed by atoms with E-state index in [1.807, 2.05) is 29.1 Å². The van der Waals surface area contributed by atoms with Gasteiger partial charge in [-0.25, -0.2) is 9.78 Å². The van der Waals surface area contributed by atoms with Gasteiger partial charge in [0.1, 0.15) is 11.5 Å². The number of anilines is 1. The molecule has 3 aromatic rings. The first-order valence-corrected chi connectivity index (χ1v) is 7.95. The standard InChI is InChI=1S/C16H15N3O3S/c1-3-22-16(21)10-4-6-17-14(8-10)18-15(20)12-9-13-11(19(12)2)5-7-23-13/h4-9H,3H2,1-2H3,(H,17,18,20). The fraction of sp³-hybridized carbons (Fsp3) is 0.188. The number of carbonyl (C=O) groups is 2. The Morgan fingerprint density at radius 3 is 2.91 bits per heavy atom. The molecule has 3 heterocycles. The Balaban J connectivity index is 1.82. The number of esters is 1. The predicted octanol–water partition coefficient (Wildman–Crippen LogP) is 3.06. The van der Waals surface area contributed by atoms with Gasteiger partial charge in [-0.2, -0.15) is 0 Å². The topological polar surface area (TPSA) is 73.2 Å². The van der Waals surface area contributed by atoms with E-state index >= 15 is 0 Å². The highest BCUT2D eigenvalue weighted by Gasteiger charge is 2.15. The number of aromatic nitrogens is 2. The molecular formula is C16H15N3O3S. The molecule has 3 aromatic heterocycles. The lowest BCUT2D eigenvalue weighted by Gasteiger charge is -2.07. The number of aryl methyl sites for hydroxylation is 1. The van der Waals surface area contributed by atoms with E-state index in [1.54, 1.807) is 24.3 Å². The Hall–Kier alpha value is -2.67. The van der Waals surface area contributed by atoms with Crippen molar-refractivity contribution < 1.29 is 14.3 Å². The highest BCUT2D eigenvalue weighted by molar-refractivity contribution is 7.17. The Labute approximate surface area is 136 Å². The number of amides is 1. The van der Waals surface area contributed by atoms with Gasteiger partial charge in [-0.05, 0) is 36.6 Å². The summed E-state index contributed by atoms with van der Waals surface area (Å²) < 4.78 is 7.82. The van der Waals surface area contributed by atoms with Gasteiger partial charge in [0, 0.05) is 13.2 Å². The molecule has 0 aliphatic heterocycles. The Morgan fingerprint density at radius 1 is 1.35 bits per heavy atom. The van der Waals surface area contributed by atoms with Crippen LogP contribution in [0.1, 0.15) is 27.8 Å². The van der Waals surface area contributed by atoms with Gasteiger partial charge in [-0.15, -0.1) is 11.3 Å². The van der Waals surface area contributed by atoms with Crippen molar-refractivity contribution in [3.8, 4) is 0 Å². The summed E-state index contributed by atoms with van der Waals surface area (Å²) in [6.45, 7) is 2.03. The van der Waals surface area contributed by atoms with E-state index in [9.17, 15) is 9.59 Å². The number of ether oxygens (including phenoxy) is 1. The maximum Gasteiger partial charge on any atom is 0.338 e. The molecule has 23 heavy (non-hydrogen) atoms. The third kappa shape index (κ3) is 2.95. The Kier molecular flexibility index (Phi) is 4.12. The van der Waals surface area contributed by atoms with Crippen molar-refractivity contribution in [3.05, 3.63) is 47.1 Å². The number of rotatable bonds is 4. The summed E-state index contributed by atoms with van der Waals surface area (Å²) in [5.41, 5.74) is 1.90. The molecule has 118 valence electrons. The summed E-state index contributed by atoms with van der Waals surface area (Å²) >= 11 is 1.58. The van der Waals surface area contributed by atoms with Crippen LogP contribution in [0, 0.1) is 0 Å². The normalized spacial score (nSPS) is 10.7. The van der Waals surface area contributed by atoms with Gasteiger partial charge in [0.05, 0.1) is 22.4 Å². The molecule has 0 spiro atoms. The van der Waals surface area contributed by atoms with Gasteiger partial charge in [0.2, 0.25) is 0 Å². The first-order valence-electron chi connectivity index (χ1n) is 7.07. The Bertz CT molecular complexity index is 882. The van der Waals surface area contributed by atoms with Crippen LogP contribution in [0.5, 0.6) is 0 Å². The summed E-state index contributed by atoms with van der Waals surface area (Å²) in [6.07, 6.45) is 1.46. The lowest BCUT2D eigenvalue weighted by Crippen LogP contribution is -2.17. The molecule has 3 rings (SSSR count). The summed E-state index contributed by atoms with van der Waals surface area (Å²) in [7, 11) is 1.84. The van der Waals surface area contributed by atoms with Crippen LogP contribution in [0.25, 0.3) is 10.2 Å². The molecule has 0 fully saturated rings. The van der Waals surface area contributed by atoms with Crippen LogP contribution in [0.15, 0.2) is 35.8 Å². The van der Waals surface area contributed by atoms with Crippen LogP contribution < -0.4 is 5.32 Å². The number of nitrogens with one attached hydrogen (secondary N) is 1. The monoisotopic (exact) mass is 329 g/mol. The largest absolute Gasteiger partial charge is 0.462 e. The lowest BCUT2D eigenvalue weighted by molar-refractivity contribution is 0.0526. The highest BCUT2D eigenvalue weighted by atomic mass is 32.1. The van der Waals surface area contributed by atoms with Crippen molar-refractivity contribution in [3.63, 3.8) is 0 Å². The van der Waals surface area contributed by atoms with Crippen LogP contribution in [-0.2, 0) is 11.8 Å². The van der Waals surface area contributed by atoms with Gasteiger partial charge in [0.15, 0.2) is 0 Å². The van der Waals surface area contributed by atoms with Crippen molar-refractivity contribution in [1.29, 1.82) is 0 Å². The molecule has 0 unspecified atom stereocenters. The van der Waals surface area contributed by atoms with Crippen LogP contribution >= 0.6 is 11.3 Å². The van der Waals surface area contributed by atoms with Crippen molar-refractivity contribution in [1.82, 2.24) is 9.55 Å². The number of fused-ring (bicyclic) bond motifs is 1. The highest BCUT2D eigenvalue weighted by Crippen LogP contribution is 2.24. The second kappa shape index (κ2) is 6.21. The van der Waals surface area contributed by atoms with E-state index in [1.165, 1.54) is 12.3 Å². The zero-order chi connectivity index (χ0) is 16.4. The molecule has 1 amide bonds. The molecule has 0 saturated heterocycles. The summed E-state index contributed by atoms with van der Waals surface area (Å²) in [4.78, 5) is 28.2. The van der Waals surface area contributed by atoms with E-state index in [2.05, 4.69) is 10.3 Å². The zero-order valence-electron chi connectivity index (χ0n) is 12.7. The molecule has 0 aliphatic carbocycles. The van der Waals surface area contributed by atoms with Crippen molar-refractivity contribution in [2.24, 2.45) is 7.05 Å². The fourth-order valence-corrected chi connectivity index (χ4v) is 3.14. The maximum absolute atomic E-state index is 12.4. The van der Waals surface area contributed by atoms with Gasteiger partial charge < -0.3 is 14.6 Å². The lowest BCUT2D eigenvalue weighted by atomic mass is 10.2. The van der Waals surface area contributed by atoms with Gasteiger partial charge in [-0.3, -0.25) is 4.79 Å². The number of nitrogens with zero attached hydrogens (tertiary/aromatic N) is 2. The van der Waals surface area contributed by atoms with Crippen LogP contribution in [0.2, 0.25) is 0 Å². The average molecular weight is 329 g/mol. The fourth-order valence-electron chi connectivity index (χ4n) is 2.29. The molecule has 0 radical (unpaired) electrons. The summed E-state index contributed by atoms with van der Waals surface area (Å²) in [6, 6.07) is 6.86. The van der Waals surface area contributed by atoms with Crippen LogP contribution in [0.4, 0.5) is 5.82 Å². The van der Waals surface area contributed by atoms with E-state index in [4.69, 9.17) is 4.74 Å². The third-order valence-electron chi connectivity index (χ3n) is 3.41. The average Bonchev–Trinajstić information content (AvgIpc) is 3.11. The SMILES string of the molecule is CCOC(=O)c1ccnc(NC(=O)c2cc3sccc3n2C)c1. The molecule has 0 aromatic carbocycles. The molecule has 0 atom stereocenters. The molecule has 0 saturated carbocycles. The summed E-state index contributed by atoms with van der Waals surface area (Å²) in [5.74, 6) is -0.403. The molecule has 0 bridgehead atoms. The van der Waals surface area contributed by atoms with E-state index in [0.717, 1.165) is 10.2 Å². The quantitative estimate of drug-likeness (QED) is 0.747. The first kappa shape index (κ1) is 15.2. The minimum atomic E-state index is -0.440. The molecule has 1 N–H and O–H groups in total. The van der Waals surface area contributed by atoms with E-state index in [-0.39, 0.29) is 5.91 Å². The van der Waals surface area contributed by atoms with Crippen molar-refractivity contribution in [2.45, 2.75) is 6.92 Å². The van der Waals surface area contributed by atoms with E-state index in [0.29, 0.717) is 23.7 Å². The minimum absolute atomic E-state index is 0.274. The smallest absolute Gasteiger partial charge is 0.338 e. The van der Waals surface area contributed by atoms with E-state index < -0.39 is 5.97 Å². The van der Waals surface area contributed by atoms with Gasteiger partial charge in [-0.1, -0.05) is 0 Å². The minimum Gasteiger partial charge on any atom is -0.462 e. The number of carbonyl (C=O) groups excluding carboxylic acids is 2. The third-order valence-corrected chi connectivity index (χ3v) is 4.26. The predicted molar refractivity (Wildman–Crippen MR) is 88.9 cm³/mol. The molecule has 6 nitrogen and oxygen atoms in total. The summed E-state index contributed by atoms with van der Waals surface area (Å²) in [5, 5.41) is 4.70. The zero-order valence-corrected chi connectivity index (χ0v) is 13.5. The second-order valence-electron chi connectivity index (χ2n) is 4.86. The van der Waals surface area contributed by atoms with Crippen molar-refractivity contribution >= 4 is 39.2 Å². The Morgan fingerprint density at radius 2 is 2.17 bits per heavy atom. The second-order valence-corrected chi connectivity index (χ2v) is 5.81. The number of thiophene rings is 1. The van der Waals surface area contributed by atoms with Crippen LogP contribution in [-0.4, -0.2) is 28.0 Å². The van der Waals surface area contributed by atoms with Gasteiger partial charge >= 0.3 is 5.97 Å². The number of hydrogen-bond donors (Lipinski definition) is 1. The van der Waals surface area contributed by atoms with Crippen molar-refractivity contribution in [2.75, 3.05) is 11.9 Å². The molecular weight excluding hydrogens is 314 g/mol. The maximum atomic E-state index is 12.4.